The summed E-state index contributed by atoms with van der Waals surface area (Å²) in [4.78, 5) is 0. The van der Waals surface area contributed by atoms with E-state index in [2.05, 4.69) is 19.6 Å². The molecule has 1 aliphatic heterocycles. The third kappa shape index (κ3) is 9.63. The first-order chi connectivity index (χ1) is 13.0. The van der Waals surface area contributed by atoms with E-state index in [1.807, 2.05) is 0 Å². The Morgan fingerprint density at radius 2 is 0.889 bits per heavy atom. The van der Waals surface area contributed by atoms with Crippen LogP contribution in [0.5, 0.6) is 0 Å². The van der Waals surface area contributed by atoms with Gasteiger partial charge >= 0.3 is 0 Å². The maximum Gasteiger partial charge on any atom is 0.176 e. The molecule has 2 aliphatic rings. The van der Waals surface area contributed by atoms with Gasteiger partial charge in [-0.25, -0.2) is 0 Å². The Balaban J connectivity index is 1.97. The van der Waals surface area contributed by atoms with E-state index in [0.717, 1.165) is 5.54 Å². The number of hydrogen-bond acceptors (Lipinski definition) is 1. The van der Waals surface area contributed by atoms with Crippen LogP contribution in [0.2, 0.25) is 37.3 Å². The van der Waals surface area contributed by atoms with Crippen LogP contribution in [0.15, 0.2) is 0 Å². The molecular weight excluding hydrogens is 360 g/mol. The summed E-state index contributed by atoms with van der Waals surface area (Å²) < 4.78 is 7.36. The summed E-state index contributed by atoms with van der Waals surface area (Å²) in [5.41, 5.74) is 0.915. The van der Waals surface area contributed by atoms with Gasteiger partial charge in [0.2, 0.25) is 0 Å². The molecule has 0 N–H and O–H groups in total. The third-order valence-corrected chi connectivity index (χ3v) is 17.0. The van der Waals surface area contributed by atoms with Crippen molar-refractivity contribution in [2.24, 2.45) is 0 Å². The van der Waals surface area contributed by atoms with Crippen LogP contribution in [0.25, 0.3) is 0 Å². The van der Waals surface area contributed by atoms with Gasteiger partial charge in [-0.2, -0.15) is 0 Å². The lowest BCUT2D eigenvalue weighted by Crippen LogP contribution is -2.49. The molecule has 0 spiro atoms. The molecule has 0 aromatic heterocycles. The predicted molar refractivity (Wildman–Crippen MR) is 127 cm³/mol. The van der Waals surface area contributed by atoms with Gasteiger partial charge in [0, 0.05) is 0 Å². The molecule has 1 heterocycles. The minimum atomic E-state index is -1.59. The zero-order chi connectivity index (χ0) is 19.4. The van der Waals surface area contributed by atoms with Gasteiger partial charge in [0.1, 0.15) is 0 Å². The molecule has 0 unspecified atom stereocenters. The molecule has 0 bridgehead atoms. The quantitative estimate of drug-likeness (QED) is 0.421. The summed E-state index contributed by atoms with van der Waals surface area (Å²) in [6.07, 6.45) is 26.4. The predicted octanol–water partition coefficient (Wildman–Crippen LogP) is 9.20. The van der Waals surface area contributed by atoms with Crippen LogP contribution in [0, 0.1) is 0 Å². The second-order valence-electron chi connectivity index (χ2n) is 10.6. The summed E-state index contributed by atoms with van der Waals surface area (Å²) in [6, 6.07) is 2.88. The number of rotatable bonds is 3. The highest BCUT2D eigenvalue weighted by atomic mass is 28.4. The summed E-state index contributed by atoms with van der Waals surface area (Å²) in [6.45, 7) is 7.81. The SMILES string of the molecule is C[Si]1(O[Si](C)(C)C2CCCCCCCCCC2)CCCCCCCCCC1. The van der Waals surface area contributed by atoms with Crippen molar-refractivity contribution in [3.63, 3.8) is 0 Å². The molecule has 2 fully saturated rings. The van der Waals surface area contributed by atoms with Crippen molar-refractivity contribution in [2.75, 3.05) is 0 Å². The van der Waals surface area contributed by atoms with Crippen LogP contribution in [0.1, 0.15) is 116 Å². The molecule has 0 aromatic carbocycles. The monoisotopic (exact) mass is 410 g/mol. The fourth-order valence-corrected chi connectivity index (χ4v) is 16.3. The first kappa shape index (κ1) is 23.7. The maximum atomic E-state index is 7.36. The van der Waals surface area contributed by atoms with Gasteiger partial charge < -0.3 is 4.12 Å². The Morgan fingerprint density at radius 3 is 1.30 bits per heavy atom. The van der Waals surface area contributed by atoms with E-state index in [-0.39, 0.29) is 0 Å². The molecule has 27 heavy (non-hydrogen) atoms. The molecule has 0 amide bonds. The van der Waals surface area contributed by atoms with E-state index >= 15 is 0 Å². The van der Waals surface area contributed by atoms with Crippen molar-refractivity contribution in [1.29, 1.82) is 0 Å². The zero-order valence-electron chi connectivity index (χ0n) is 19.1. The molecule has 0 radical (unpaired) electrons. The van der Waals surface area contributed by atoms with Crippen LogP contribution >= 0.6 is 0 Å². The Bertz CT molecular complexity index is 359. The Hall–Kier alpha value is 0.394. The van der Waals surface area contributed by atoms with Crippen LogP contribution in [-0.2, 0) is 4.12 Å². The summed E-state index contributed by atoms with van der Waals surface area (Å²) in [5, 5.41) is 0. The zero-order valence-corrected chi connectivity index (χ0v) is 21.1. The van der Waals surface area contributed by atoms with Crippen LogP contribution in [0.3, 0.4) is 0 Å². The molecule has 1 saturated heterocycles. The molecule has 1 saturated carbocycles. The van der Waals surface area contributed by atoms with Gasteiger partial charge in [0.15, 0.2) is 16.6 Å². The van der Waals surface area contributed by atoms with Gasteiger partial charge in [-0.15, -0.1) is 0 Å². The summed E-state index contributed by atoms with van der Waals surface area (Å²) in [7, 11) is -3.11. The number of hydrogen-bond donors (Lipinski definition) is 0. The van der Waals surface area contributed by atoms with E-state index in [9.17, 15) is 0 Å². The Kier molecular flexibility index (Phi) is 11.3. The highest BCUT2D eigenvalue weighted by Crippen LogP contribution is 2.39. The van der Waals surface area contributed by atoms with Crippen molar-refractivity contribution in [2.45, 2.75) is 153 Å². The van der Waals surface area contributed by atoms with Gasteiger partial charge in [-0.3, -0.25) is 0 Å². The molecule has 0 atom stereocenters. The average molecular weight is 411 g/mol. The standard InChI is InChI=1S/C24H50OSi2/c1-26(2,24-20-16-12-8-4-5-9-13-17-21-24)25-27(3)22-18-14-10-6-7-11-15-19-23-27/h24H,4-23H2,1-3H3. The Morgan fingerprint density at radius 1 is 0.556 bits per heavy atom. The highest BCUT2D eigenvalue weighted by Gasteiger charge is 2.40. The lowest BCUT2D eigenvalue weighted by molar-refractivity contribution is 0.463. The van der Waals surface area contributed by atoms with Gasteiger partial charge in [-0.05, 0) is 37.3 Å². The first-order valence-electron chi connectivity index (χ1n) is 12.7. The van der Waals surface area contributed by atoms with Gasteiger partial charge in [-0.1, -0.05) is 116 Å². The minimum Gasteiger partial charge on any atom is -0.455 e. The smallest absolute Gasteiger partial charge is 0.176 e. The third-order valence-electron chi connectivity index (χ3n) is 7.51. The molecule has 0 aromatic rings. The molecule has 2 rings (SSSR count). The minimum absolute atomic E-state index is 0.915. The van der Waals surface area contributed by atoms with Crippen molar-refractivity contribution in [3.05, 3.63) is 0 Å². The second kappa shape index (κ2) is 12.8. The van der Waals surface area contributed by atoms with Crippen LogP contribution < -0.4 is 0 Å². The van der Waals surface area contributed by atoms with Crippen LogP contribution in [0.4, 0.5) is 0 Å². The second-order valence-corrected chi connectivity index (χ2v) is 19.3. The van der Waals surface area contributed by atoms with E-state index in [1.165, 1.54) is 128 Å². The van der Waals surface area contributed by atoms with Crippen molar-refractivity contribution < 1.29 is 4.12 Å². The van der Waals surface area contributed by atoms with E-state index in [1.54, 1.807) is 0 Å². The molecule has 1 nitrogen and oxygen atoms in total. The fourth-order valence-electron chi connectivity index (χ4n) is 5.69. The van der Waals surface area contributed by atoms with E-state index in [4.69, 9.17) is 4.12 Å². The average Bonchev–Trinajstić information content (AvgIpc) is 2.71. The fraction of sp³-hybridized carbons (Fsp3) is 1.00. The summed E-state index contributed by atoms with van der Waals surface area (Å²) >= 11 is 0. The van der Waals surface area contributed by atoms with Crippen LogP contribution in [-0.4, -0.2) is 16.6 Å². The van der Waals surface area contributed by atoms with E-state index < -0.39 is 16.6 Å². The largest absolute Gasteiger partial charge is 0.455 e. The van der Waals surface area contributed by atoms with Crippen molar-refractivity contribution in [1.82, 2.24) is 0 Å². The van der Waals surface area contributed by atoms with Gasteiger partial charge in [0.25, 0.3) is 0 Å². The topological polar surface area (TPSA) is 9.23 Å². The van der Waals surface area contributed by atoms with E-state index in [0.29, 0.717) is 0 Å². The molecule has 160 valence electrons. The summed E-state index contributed by atoms with van der Waals surface area (Å²) in [5.74, 6) is 0. The van der Waals surface area contributed by atoms with Crippen molar-refractivity contribution in [3.8, 4) is 0 Å². The lowest BCUT2D eigenvalue weighted by Gasteiger charge is -2.41. The molecular formula is C24H50OSi2. The molecule has 1 aliphatic carbocycles. The Labute approximate surface area is 173 Å². The highest BCUT2D eigenvalue weighted by molar-refractivity contribution is 6.86. The lowest BCUT2D eigenvalue weighted by atomic mass is 10.1. The first-order valence-corrected chi connectivity index (χ1v) is 18.5. The van der Waals surface area contributed by atoms with Crippen molar-refractivity contribution >= 4 is 16.6 Å². The van der Waals surface area contributed by atoms with Gasteiger partial charge in [0.05, 0.1) is 0 Å². The molecule has 3 heteroatoms. The maximum absolute atomic E-state index is 7.36. The normalized spacial score (nSPS) is 25.9.